The van der Waals surface area contributed by atoms with Crippen LogP contribution in [0.4, 0.5) is 18.9 Å². The summed E-state index contributed by atoms with van der Waals surface area (Å²) < 4.78 is 44.9. The fraction of sp³-hybridized carbons (Fsp3) is 0.0909. The smallest absolute Gasteiger partial charge is 0.416 e. The molecule has 2 amide bonds. The predicted molar refractivity (Wildman–Crippen MR) is 113 cm³/mol. The number of pyridine rings is 1. The third kappa shape index (κ3) is 4.76. The lowest BCUT2D eigenvalue weighted by Gasteiger charge is -2.09. The number of alkyl halides is 3. The Balaban J connectivity index is 1.54. The molecule has 2 aromatic carbocycles. The molecule has 33 heavy (non-hydrogen) atoms. The van der Waals surface area contributed by atoms with E-state index in [4.69, 9.17) is 4.74 Å². The van der Waals surface area contributed by atoms with Gasteiger partial charge in [-0.05, 0) is 36.4 Å². The van der Waals surface area contributed by atoms with Crippen molar-refractivity contribution >= 4 is 28.4 Å². The van der Waals surface area contributed by atoms with Crippen LogP contribution in [0.3, 0.4) is 0 Å². The third-order valence-electron chi connectivity index (χ3n) is 4.62. The molecule has 2 heterocycles. The molecule has 168 valence electrons. The lowest BCUT2D eigenvalue weighted by atomic mass is 10.1. The Morgan fingerprint density at radius 1 is 1.00 bits per heavy atom. The number of anilines is 1. The van der Waals surface area contributed by atoms with Gasteiger partial charge in [-0.3, -0.25) is 19.7 Å². The molecular formula is C22H16F3N5O3. The van der Waals surface area contributed by atoms with Gasteiger partial charge in [0, 0.05) is 36.5 Å². The number of amides is 2. The van der Waals surface area contributed by atoms with Gasteiger partial charge in [-0.1, -0.05) is 6.07 Å². The van der Waals surface area contributed by atoms with Crippen LogP contribution >= 0.6 is 0 Å². The number of hydrogen-bond donors (Lipinski definition) is 3. The van der Waals surface area contributed by atoms with Gasteiger partial charge < -0.3 is 15.4 Å². The summed E-state index contributed by atoms with van der Waals surface area (Å²) in [6, 6.07) is 12.4. The summed E-state index contributed by atoms with van der Waals surface area (Å²) in [5.41, 5.74) is -0.250. The summed E-state index contributed by atoms with van der Waals surface area (Å²) in [4.78, 5) is 28.4. The molecule has 0 radical (unpaired) electrons. The highest BCUT2D eigenvalue weighted by Gasteiger charge is 2.31. The van der Waals surface area contributed by atoms with Crippen LogP contribution in [0.2, 0.25) is 0 Å². The molecule has 0 saturated carbocycles. The number of halogens is 3. The highest BCUT2D eigenvalue weighted by Crippen LogP contribution is 2.32. The van der Waals surface area contributed by atoms with E-state index >= 15 is 0 Å². The highest BCUT2D eigenvalue weighted by atomic mass is 19.4. The summed E-state index contributed by atoms with van der Waals surface area (Å²) in [5.74, 6) is -0.358. The third-order valence-corrected chi connectivity index (χ3v) is 4.62. The molecule has 4 aromatic rings. The Kier molecular flexibility index (Phi) is 5.69. The number of benzene rings is 2. The Hall–Kier alpha value is -4.41. The van der Waals surface area contributed by atoms with Crippen LogP contribution in [0.1, 0.15) is 26.5 Å². The molecule has 0 bridgehead atoms. The zero-order chi connectivity index (χ0) is 23.6. The topological polar surface area (TPSA) is 109 Å². The molecule has 0 aliphatic heterocycles. The predicted octanol–water partition coefficient (Wildman–Crippen LogP) is 4.38. The van der Waals surface area contributed by atoms with E-state index in [1.165, 1.54) is 31.4 Å². The number of nitrogens with one attached hydrogen (secondary N) is 3. The van der Waals surface area contributed by atoms with Gasteiger partial charge in [0.15, 0.2) is 5.69 Å². The lowest BCUT2D eigenvalue weighted by molar-refractivity contribution is -0.137. The van der Waals surface area contributed by atoms with Gasteiger partial charge in [0.1, 0.15) is 17.2 Å². The molecule has 11 heteroatoms. The Labute approximate surface area is 184 Å². The minimum atomic E-state index is -4.55. The summed E-state index contributed by atoms with van der Waals surface area (Å²) in [7, 11) is 1.48. The first-order valence-electron chi connectivity index (χ1n) is 9.57. The maximum atomic E-state index is 13.0. The highest BCUT2D eigenvalue weighted by molar-refractivity contribution is 6.11. The molecule has 0 fully saturated rings. The van der Waals surface area contributed by atoms with Gasteiger partial charge >= 0.3 is 6.18 Å². The van der Waals surface area contributed by atoms with Crippen molar-refractivity contribution < 1.29 is 27.5 Å². The number of hydrogen-bond acceptors (Lipinski definition) is 5. The molecule has 0 saturated heterocycles. The van der Waals surface area contributed by atoms with Crippen LogP contribution in [0.15, 0.2) is 60.8 Å². The molecule has 0 aliphatic rings. The van der Waals surface area contributed by atoms with Gasteiger partial charge in [0.25, 0.3) is 11.8 Å². The van der Waals surface area contributed by atoms with Gasteiger partial charge in [-0.15, -0.1) is 0 Å². The summed E-state index contributed by atoms with van der Waals surface area (Å²) in [6.45, 7) is 0. The monoisotopic (exact) mass is 455 g/mol. The number of fused-ring (bicyclic) bond motifs is 1. The molecule has 0 aliphatic carbocycles. The Bertz CT molecular complexity index is 1350. The second-order valence-electron chi connectivity index (χ2n) is 6.87. The quantitative estimate of drug-likeness (QED) is 0.414. The lowest BCUT2D eigenvalue weighted by Crippen LogP contribution is -2.18. The van der Waals surface area contributed by atoms with Crippen molar-refractivity contribution in [3.05, 3.63) is 77.7 Å². The normalized spacial score (nSPS) is 11.3. The van der Waals surface area contributed by atoms with Crippen molar-refractivity contribution in [1.29, 1.82) is 0 Å². The number of aromatic nitrogens is 3. The van der Waals surface area contributed by atoms with E-state index in [2.05, 4.69) is 25.8 Å². The van der Waals surface area contributed by atoms with Crippen molar-refractivity contribution in [2.24, 2.45) is 0 Å². The van der Waals surface area contributed by atoms with Gasteiger partial charge in [-0.25, -0.2) is 0 Å². The molecule has 2 aromatic heterocycles. The SMILES string of the molecule is CNC(=O)c1cc(Oc2cccc(NC(=O)c3n[nH]c4ccc(C(F)(F)F)cc34)c2)ccn1. The average molecular weight is 455 g/mol. The largest absolute Gasteiger partial charge is 0.457 e. The van der Waals surface area contributed by atoms with Crippen molar-refractivity contribution in [3.63, 3.8) is 0 Å². The van der Waals surface area contributed by atoms with E-state index in [0.29, 0.717) is 22.7 Å². The summed E-state index contributed by atoms with van der Waals surface area (Å²) in [5, 5.41) is 11.5. The van der Waals surface area contributed by atoms with Crippen molar-refractivity contribution in [3.8, 4) is 11.5 Å². The zero-order valence-corrected chi connectivity index (χ0v) is 17.0. The molecule has 3 N–H and O–H groups in total. The average Bonchev–Trinajstić information content (AvgIpc) is 3.22. The first-order valence-corrected chi connectivity index (χ1v) is 9.57. The number of rotatable bonds is 5. The number of carbonyl (C=O) groups excluding carboxylic acids is 2. The minimum Gasteiger partial charge on any atom is -0.457 e. The number of carbonyl (C=O) groups is 2. The maximum absolute atomic E-state index is 13.0. The maximum Gasteiger partial charge on any atom is 0.416 e. The van der Waals surface area contributed by atoms with Crippen LogP contribution in [0, 0.1) is 0 Å². The Morgan fingerprint density at radius 3 is 2.55 bits per heavy atom. The van der Waals surface area contributed by atoms with E-state index in [1.807, 2.05) is 0 Å². The van der Waals surface area contributed by atoms with E-state index in [0.717, 1.165) is 12.1 Å². The van der Waals surface area contributed by atoms with Crippen LogP contribution in [-0.4, -0.2) is 34.0 Å². The van der Waals surface area contributed by atoms with Crippen LogP contribution in [-0.2, 0) is 6.18 Å². The number of ether oxygens (including phenoxy) is 1. The fourth-order valence-electron chi connectivity index (χ4n) is 3.05. The summed E-state index contributed by atoms with van der Waals surface area (Å²) >= 11 is 0. The van der Waals surface area contributed by atoms with Crippen molar-refractivity contribution in [2.75, 3.05) is 12.4 Å². The minimum absolute atomic E-state index is 0.0493. The number of nitrogens with zero attached hydrogens (tertiary/aromatic N) is 2. The van der Waals surface area contributed by atoms with E-state index < -0.39 is 17.6 Å². The molecular weight excluding hydrogens is 439 g/mol. The van der Waals surface area contributed by atoms with Gasteiger partial charge in [0.2, 0.25) is 0 Å². The van der Waals surface area contributed by atoms with Crippen molar-refractivity contribution in [2.45, 2.75) is 6.18 Å². The first-order chi connectivity index (χ1) is 15.7. The molecule has 8 nitrogen and oxygen atoms in total. The first kappa shape index (κ1) is 21.8. The van der Waals surface area contributed by atoms with Crippen LogP contribution in [0.5, 0.6) is 11.5 Å². The standard InChI is InChI=1S/C22H16F3N5O3/c1-26-20(31)18-11-15(7-8-27-18)33-14-4-2-3-13(10-14)28-21(32)19-16-9-12(22(23,24)25)5-6-17(16)29-30-19/h2-11H,1H3,(H,26,31)(H,28,32)(H,29,30). The van der Waals surface area contributed by atoms with Gasteiger partial charge in [-0.2, -0.15) is 18.3 Å². The fourth-order valence-corrected chi connectivity index (χ4v) is 3.05. The molecule has 0 spiro atoms. The zero-order valence-electron chi connectivity index (χ0n) is 17.0. The second-order valence-corrected chi connectivity index (χ2v) is 6.87. The van der Waals surface area contributed by atoms with Gasteiger partial charge in [0.05, 0.1) is 11.1 Å². The van der Waals surface area contributed by atoms with Crippen molar-refractivity contribution in [1.82, 2.24) is 20.5 Å². The van der Waals surface area contributed by atoms with E-state index in [1.54, 1.807) is 24.3 Å². The Morgan fingerprint density at radius 2 is 1.79 bits per heavy atom. The van der Waals surface area contributed by atoms with E-state index in [-0.39, 0.29) is 22.7 Å². The summed E-state index contributed by atoms with van der Waals surface area (Å²) in [6.07, 6.45) is -3.13. The molecule has 0 unspecified atom stereocenters. The molecule has 0 atom stereocenters. The van der Waals surface area contributed by atoms with E-state index in [9.17, 15) is 22.8 Å². The second kappa shape index (κ2) is 8.61. The number of aromatic amines is 1. The van der Waals surface area contributed by atoms with Crippen LogP contribution in [0.25, 0.3) is 10.9 Å². The van der Waals surface area contributed by atoms with Crippen LogP contribution < -0.4 is 15.4 Å². The molecule has 4 rings (SSSR count). The number of H-pyrrole nitrogens is 1.